The Morgan fingerprint density at radius 3 is 2.96 bits per heavy atom. The number of alkyl halides is 1. The number of rotatable bonds is 3. The number of benzene rings is 1. The summed E-state index contributed by atoms with van der Waals surface area (Å²) < 4.78 is 21.3. The van der Waals surface area contributed by atoms with Crippen LogP contribution < -0.4 is 10.4 Å². The van der Waals surface area contributed by atoms with Gasteiger partial charge >= 0.3 is 5.69 Å². The minimum Gasteiger partial charge on any atom is -0.479 e. The van der Waals surface area contributed by atoms with Gasteiger partial charge in [-0.15, -0.1) is 11.5 Å². The summed E-state index contributed by atoms with van der Waals surface area (Å²) in [5.41, 5.74) is -0.139. The highest BCUT2D eigenvalue weighted by Crippen LogP contribution is 2.32. The van der Waals surface area contributed by atoms with Crippen LogP contribution in [0.5, 0.6) is 5.75 Å². The number of hydrogen-bond donors (Lipinski definition) is 0. The molecule has 0 N–H and O–H groups in total. The van der Waals surface area contributed by atoms with Gasteiger partial charge in [0, 0.05) is 12.5 Å². The van der Waals surface area contributed by atoms with E-state index in [1.807, 2.05) is 0 Å². The maximum Gasteiger partial charge on any atom is 0.350 e. The van der Waals surface area contributed by atoms with Crippen LogP contribution in [0.3, 0.4) is 0 Å². The van der Waals surface area contributed by atoms with Gasteiger partial charge in [0.25, 0.3) is 0 Å². The third-order valence-electron chi connectivity index (χ3n) is 3.54. The molecule has 1 atom stereocenters. The second-order valence-corrected chi connectivity index (χ2v) is 5.90. The normalized spacial score (nSPS) is 16.7. The predicted molar refractivity (Wildman–Crippen MR) is 85.4 cm³/mol. The van der Waals surface area contributed by atoms with Gasteiger partial charge in [0.1, 0.15) is 24.4 Å². The van der Waals surface area contributed by atoms with Crippen LogP contribution in [0, 0.1) is 12.3 Å². The zero-order chi connectivity index (χ0) is 16.6. The van der Waals surface area contributed by atoms with E-state index in [2.05, 4.69) is 11.0 Å². The number of halogens is 3. The Kier molecular flexibility index (Phi) is 4.33. The molecule has 1 unspecified atom stereocenters. The zero-order valence-corrected chi connectivity index (χ0v) is 13.4. The molecular formula is C15H12Cl2FN3O2. The SMILES string of the molecule is C#CCOc1cc(-n2nc3n(c2=O)CC(F)CC3)c(Cl)cc1Cl. The van der Waals surface area contributed by atoms with Crippen molar-refractivity contribution in [2.45, 2.75) is 25.6 Å². The molecule has 2 aromatic rings. The number of nitrogens with zero attached hydrogens (tertiary/aromatic N) is 3. The molecule has 0 radical (unpaired) electrons. The van der Waals surface area contributed by atoms with Gasteiger partial charge in [-0.25, -0.2) is 9.18 Å². The highest BCUT2D eigenvalue weighted by molar-refractivity contribution is 6.36. The van der Waals surface area contributed by atoms with Crippen molar-refractivity contribution in [2.75, 3.05) is 6.61 Å². The highest BCUT2D eigenvalue weighted by atomic mass is 35.5. The number of aryl methyl sites for hydroxylation is 1. The Labute approximate surface area is 141 Å². The summed E-state index contributed by atoms with van der Waals surface area (Å²) in [5, 5.41) is 4.75. The van der Waals surface area contributed by atoms with Crippen molar-refractivity contribution in [1.29, 1.82) is 0 Å². The number of terminal acetylenes is 1. The number of ether oxygens (including phenoxy) is 1. The molecule has 1 aromatic heterocycles. The predicted octanol–water partition coefficient (Wildman–Crippen LogP) is 2.64. The van der Waals surface area contributed by atoms with E-state index in [0.717, 1.165) is 4.68 Å². The molecule has 1 aliphatic heterocycles. The number of aromatic nitrogens is 3. The maximum atomic E-state index is 13.5. The smallest absolute Gasteiger partial charge is 0.350 e. The largest absolute Gasteiger partial charge is 0.479 e. The molecule has 3 rings (SSSR count). The molecule has 0 fully saturated rings. The van der Waals surface area contributed by atoms with Crippen LogP contribution >= 0.6 is 23.2 Å². The molecule has 0 amide bonds. The van der Waals surface area contributed by atoms with Crippen LogP contribution in [0.15, 0.2) is 16.9 Å². The first-order chi connectivity index (χ1) is 11.0. The second kappa shape index (κ2) is 6.26. The van der Waals surface area contributed by atoms with Gasteiger partial charge in [0.2, 0.25) is 0 Å². The van der Waals surface area contributed by atoms with Crippen LogP contribution in [0.25, 0.3) is 5.69 Å². The number of hydrogen-bond acceptors (Lipinski definition) is 3. The molecule has 1 aromatic carbocycles. The van der Waals surface area contributed by atoms with E-state index in [1.165, 1.54) is 16.7 Å². The molecule has 2 heterocycles. The Morgan fingerprint density at radius 2 is 2.22 bits per heavy atom. The van der Waals surface area contributed by atoms with Gasteiger partial charge in [0.15, 0.2) is 0 Å². The van der Waals surface area contributed by atoms with Crippen molar-refractivity contribution >= 4 is 23.2 Å². The Morgan fingerprint density at radius 1 is 1.43 bits per heavy atom. The molecular weight excluding hydrogens is 344 g/mol. The zero-order valence-electron chi connectivity index (χ0n) is 11.9. The third kappa shape index (κ3) is 2.94. The Hall–Kier alpha value is -1.97. The van der Waals surface area contributed by atoms with Crippen molar-refractivity contribution in [3.8, 4) is 23.8 Å². The first-order valence-electron chi connectivity index (χ1n) is 6.89. The topological polar surface area (TPSA) is 49.0 Å². The fourth-order valence-corrected chi connectivity index (χ4v) is 2.97. The van der Waals surface area contributed by atoms with Crippen molar-refractivity contribution in [3.63, 3.8) is 0 Å². The fourth-order valence-electron chi connectivity index (χ4n) is 2.45. The average molecular weight is 356 g/mol. The average Bonchev–Trinajstić information content (AvgIpc) is 2.83. The monoisotopic (exact) mass is 355 g/mol. The highest BCUT2D eigenvalue weighted by Gasteiger charge is 2.24. The first kappa shape index (κ1) is 15.9. The molecule has 0 spiro atoms. The summed E-state index contributed by atoms with van der Waals surface area (Å²) >= 11 is 12.2. The lowest BCUT2D eigenvalue weighted by Crippen LogP contribution is -2.30. The molecule has 0 saturated heterocycles. The molecule has 120 valence electrons. The van der Waals surface area contributed by atoms with Gasteiger partial charge in [0.05, 0.1) is 22.3 Å². The van der Waals surface area contributed by atoms with E-state index in [4.69, 9.17) is 34.4 Å². The van der Waals surface area contributed by atoms with Crippen molar-refractivity contribution in [3.05, 3.63) is 38.5 Å². The minimum absolute atomic E-state index is 0.000172. The Balaban J connectivity index is 2.09. The van der Waals surface area contributed by atoms with Crippen molar-refractivity contribution in [2.24, 2.45) is 0 Å². The molecule has 0 saturated carbocycles. The number of fused-ring (bicyclic) bond motifs is 1. The van der Waals surface area contributed by atoms with Gasteiger partial charge < -0.3 is 4.74 Å². The fraction of sp³-hybridized carbons (Fsp3) is 0.333. The standard InChI is InChI=1S/C15H12Cl2FN3O2/c1-2-5-23-13-7-12(10(16)6-11(13)17)21-15(22)20-8-9(18)3-4-14(20)19-21/h1,6-7,9H,3-5,8H2. The van der Waals surface area contributed by atoms with Crippen LogP contribution in [0.2, 0.25) is 10.0 Å². The molecule has 5 nitrogen and oxygen atoms in total. The Bertz CT molecular complexity index is 854. The molecule has 0 aliphatic carbocycles. The van der Waals surface area contributed by atoms with Crippen LogP contribution in [-0.2, 0) is 13.0 Å². The summed E-state index contributed by atoms with van der Waals surface area (Å²) in [6, 6.07) is 2.95. The van der Waals surface area contributed by atoms with E-state index in [-0.39, 0.29) is 23.2 Å². The summed E-state index contributed by atoms with van der Waals surface area (Å²) in [6.45, 7) is 0.0265. The van der Waals surface area contributed by atoms with Gasteiger partial charge in [-0.05, 0) is 12.5 Å². The summed E-state index contributed by atoms with van der Waals surface area (Å²) in [7, 11) is 0. The van der Waals surface area contributed by atoms with Crippen LogP contribution in [0.4, 0.5) is 4.39 Å². The van der Waals surface area contributed by atoms with Crippen molar-refractivity contribution in [1.82, 2.24) is 14.3 Å². The maximum absolute atomic E-state index is 13.5. The van der Waals surface area contributed by atoms with E-state index >= 15 is 0 Å². The van der Waals surface area contributed by atoms with Crippen LogP contribution in [0.1, 0.15) is 12.2 Å². The molecule has 0 bridgehead atoms. The van der Waals surface area contributed by atoms with Gasteiger partial charge in [-0.1, -0.05) is 29.1 Å². The van der Waals surface area contributed by atoms with Gasteiger partial charge in [-0.2, -0.15) is 4.68 Å². The van der Waals surface area contributed by atoms with Crippen LogP contribution in [-0.4, -0.2) is 27.1 Å². The third-order valence-corrected chi connectivity index (χ3v) is 4.14. The van der Waals surface area contributed by atoms with E-state index < -0.39 is 11.9 Å². The summed E-state index contributed by atoms with van der Waals surface area (Å²) in [4.78, 5) is 12.5. The summed E-state index contributed by atoms with van der Waals surface area (Å²) in [5.74, 6) is 3.15. The quantitative estimate of drug-likeness (QED) is 0.795. The van der Waals surface area contributed by atoms with Crippen molar-refractivity contribution < 1.29 is 9.13 Å². The lowest BCUT2D eigenvalue weighted by atomic mass is 10.1. The minimum atomic E-state index is -1.05. The molecule has 23 heavy (non-hydrogen) atoms. The van der Waals surface area contributed by atoms with E-state index in [1.54, 1.807) is 0 Å². The lowest BCUT2D eigenvalue weighted by molar-refractivity contribution is 0.250. The first-order valence-corrected chi connectivity index (χ1v) is 7.65. The second-order valence-electron chi connectivity index (χ2n) is 5.08. The van der Waals surface area contributed by atoms with E-state index in [9.17, 15) is 9.18 Å². The summed E-state index contributed by atoms with van der Waals surface area (Å²) in [6.07, 6.45) is 4.86. The van der Waals surface area contributed by atoms with E-state index in [0.29, 0.717) is 30.1 Å². The molecule has 1 aliphatic rings. The van der Waals surface area contributed by atoms with Gasteiger partial charge in [-0.3, -0.25) is 4.57 Å². The lowest BCUT2D eigenvalue weighted by Gasteiger charge is -2.14. The molecule has 8 heteroatoms.